The van der Waals surface area contributed by atoms with E-state index in [0.29, 0.717) is 6.54 Å². The Bertz CT molecular complexity index is 973. The summed E-state index contributed by atoms with van der Waals surface area (Å²) in [5.41, 5.74) is 10.6. The predicted octanol–water partition coefficient (Wildman–Crippen LogP) is 6.36. The van der Waals surface area contributed by atoms with Crippen LogP contribution in [-0.4, -0.2) is 17.3 Å². The molecule has 0 amide bonds. The van der Waals surface area contributed by atoms with Gasteiger partial charge in [-0.05, 0) is 28.8 Å². The van der Waals surface area contributed by atoms with Gasteiger partial charge in [0.05, 0.1) is 10.4 Å². The Morgan fingerprint density at radius 1 is 0.677 bits per heavy atom. The van der Waals surface area contributed by atoms with Gasteiger partial charge in [-0.2, -0.15) is 11.8 Å². The maximum Gasteiger partial charge on any atom is 0.0954 e. The van der Waals surface area contributed by atoms with Crippen molar-refractivity contribution in [3.05, 3.63) is 132 Å². The first-order valence-corrected chi connectivity index (χ1v) is 12.4. The van der Waals surface area contributed by atoms with Gasteiger partial charge in [0.25, 0.3) is 0 Å². The van der Waals surface area contributed by atoms with Crippen molar-refractivity contribution in [2.24, 2.45) is 5.73 Å². The van der Waals surface area contributed by atoms with E-state index in [4.69, 9.17) is 10.7 Å². The van der Waals surface area contributed by atoms with Crippen LogP contribution in [0.4, 0.5) is 0 Å². The van der Waals surface area contributed by atoms with Gasteiger partial charge in [-0.1, -0.05) is 91.0 Å². The van der Waals surface area contributed by atoms with Crippen LogP contribution in [0.5, 0.6) is 0 Å². The summed E-state index contributed by atoms with van der Waals surface area (Å²) in [5, 5.41) is 0. The highest BCUT2D eigenvalue weighted by molar-refractivity contribution is 8.01. The Balaban J connectivity index is 1.90. The molecule has 0 spiro atoms. The van der Waals surface area contributed by atoms with Crippen LogP contribution in [0.1, 0.15) is 22.4 Å². The summed E-state index contributed by atoms with van der Waals surface area (Å²) in [5.74, 6) is 1.79. The lowest BCUT2D eigenvalue weighted by atomic mass is 9.84. The molecule has 1 heterocycles. The molecular formula is C27H26N2S2. The SMILES string of the molecule is NCCSCc1ncccc1SC(c1ccccc1)(c1ccccc1)c1ccccc1. The monoisotopic (exact) mass is 442 g/mol. The van der Waals surface area contributed by atoms with E-state index in [2.05, 4.69) is 97.1 Å². The first kappa shape index (κ1) is 21.7. The molecule has 0 aliphatic carbocycles. The maximum atomic E-state index is 5.71. The summed E-state index contributed by atoms with van der Waals surface area (Å²) < 4.78 is -0.389. The van der Waals surface area contributed by atoms with Crippen LogP contribution in [0, 0.1) is 0 Å². The predicted molar refractivity (Wildman–Crippen MR) is 135 cm³/mol. The van der Waals surface area contributed by atoms with Crippen LogP contribution in [-0.2, 0) is 10.5 Å². The third-order valence-corrected chi connectivity index (χ3v) is 7.76. The lowest BCUT2D eigenvalue weighted by Gasteiger charge is -2.35. The van der Waals surface area contributed by atoms with Gasteiger partial charge in [0.1, 0.15) is 0 Å². The van der Waals surface area contributed by atoms with Crippen molar-refractivity contribution < 1.29 is 0 Å². The maximum absolute atomic E-state index is 5.71. The largest absolute Gasteiger partial charge is 0.330 e. The molecule has 0 aliphatic heterocycles. The van der Waals surface area contributed by atoms with Gasteiger partial charge < -0.3 is 5.73 Å². The van der Waals surface area contributed by atoms with E-state index in [1.54, 1.807) is 0 Å². The van der Waals surface area contributed by atoms with Gasteiger partial charge >= 0.3 is 0 Å². The number of pyridine rings is 1. The van der Waals surface area contributed by atoms with Gasteiger partial charge in [0, 0.05) is 29.1 Å². The number of nitrogens with zero attached hydrogens (tertiary/aromatic N) is 1. The first-order chi connectivity index (χ1) is 15.3. The van der Waals surface area contributed by atoms with E-state index in [9.17, 15) is 0 Å². The topological polar surface area (TPSA) is 38.9 Å². The number of thioether (sulfide) groups is 2. The fraction of sp³-hybridized carbons (Fsp3) is 0.148. The molecule has 0 aliphatic rings. The van der Waals surface area contributed by atoms with E-state index >= 15 is 0 Å². The van der Waals surface area contributed by atoms with Gasteiger partial charge in [0.2, 0.25) is 0 Å². The lowest BCUT2D eigenvalue weighted by Crippen LogP contribution is -2.25. The fourth-order valence-corrected chi connectivity index (χ4v) is 6.04. The quantitative estimate of drug-likeness (QED) is 0.186. The minimum atomic E-state index is -0.389. The van der Waals surface area contributed by atoms with Gasteiger partial charge in [-0.25, -0.2) is 0 Å². The Morgan fingerprint density at radius 3 is 1.68 bits per heavy atom. The second-order valence-corrected chi connectivity index (χ2v) is 9.53. The molecule has 4 rings (SSSR count). The lowest BCUT2D eigenvalue weighted by molar-refractivity contribution is 0.890. The van der Waals surface area contributed by atoms with E-state index in [0.717, 1.165) is 17.2 Å². The van der Waals surface area contributed by atoms with Crippen molar-refractivity contribution in [1.82, 2.24) is 4.98 Å². The van der Waals surface area contributed by atoms with Gasteiger partial charge in [-0.15, -0.1) is 11.8 Å². The molecule has 0 fully saturated rings. The number of rotatable bonds is 9. The van der Waals surface area contributed by atoms with Crippen LogP contribution < -0.4 is 5.73 Å². The molecule has 4 heteroatoms. The van der Waals surface area contributed by atoms with Gasteiger partial charge in [-0.3, -0.25) is 4.98 Å². The Labute approximate surface area is 193 Å². The van der Waals surface area contributed by atoms with Crippen molar-refractivity contribution in [3.63, 3.8) is 0 Å². The molecule has 2 N–H and O–H groups in total. The Morgan fingerprint density at radius 2 is 1.19 bits per heavy atom. The van der Waals surface area contributed by atoms with E-state index < -0.39 is 0 Å². The molecule has 0 atom stereocenters. The van der Waals surface area contributed by atoms with Crippen molar-refractivity contribution >= 4 is 23.5 Å². The third-order valence-electron chi connectivity index (χ3n) is 5.15. The minimum absolute atomic E-state index is 0.389. The van der Waals surface area contributed by atoms with Crippen LogP contribution in [0.25, 0.3) is 0 Å². The van der Waals surface area contributed by atoms with Crippen LogP contribution in [0.15, 0.2) is 114 Å². The van der Waals surface area contributed by atoms with Crippen molar-refractivity contribution in [3.8, 4) is 0 Å². The van der Waals surface area contributed by atoms with Crippen LogP contribution in [0.2, 0.25) is 0 Å². The second kappa shape index (κ2) is 10.7. The van der Waals surface area contributed by atoms with Crippen molar-refractivity contribution in [1.29, 1.82) is 0 Å². The zero-order chi connectivity index (χ0) is 21.4. The van der Waals surface area contributed by atoms with E-state index in [1.165, 1.54) is 21.6 Å². The average Bonchev–Trinajstić information content (AvgIpc) is 2.85. The third kappa shape index (κ3) is 4.87. The molecule has 0 saturated heterocycles. The number of nitrogens with two attached hydrogens (primary N) is 1. The number of hydrogen-bond acceptors (Lipinski definition) is 4. The first-order valence-electron chi connectivity index (χ1n) is 10.4. The number of hydrogen-bond donors (Lipinski definition) is 1. The molecule has 4 aromatic rings. The Hall–Kier alpha value is -2.53. The highest BCUT2D eigenvalue weighted by atomic mass is 32.2. The smallest absolute Gasteiger partial charge is 0.0954 e. The summed E-state index contributed by atoms with van der Waals surface area (Å²) in [7, 11) is 0. The van der Waals surface area contributed by atoms with Crippen LogP contribution >= 0.6 is 23.5 Å². The summed E-state index contributed by atoms with van der Waals surface area (Å²) in [6.07, 6.45) is 1.89. The average molecular weight is 443 g/mol. The molecule has 3 aromatic carbocycles. The molecule has 0 saturated carbocycles. The van der Waals surface area contributed by atoms with Crippen LogP contribution in [0.3, 0.4) is 0 Å². The normalized spacial score (nSPS) is 11.4. The fourth-order valence-electron chi connectivity index (χ4n) is 3.74. The highest BCUT2D eigenvalue weighted by Gasteiger charge is 2.38. The highest BCUT2D eigenvalue weighted by Crippen LogP contribution is 2.52. The van der Waals surface area contributed by atoms with E-state index in [-0.39, 0.29) is 4.75 Å². The zero-order valence-electron chi connectivity index (χ0n) is 17.4. The molecule has 1 aromatic heterocycles. The summed E-state index contributed by atoms with van der Waals surface area (Å²) >= 11 is 3.71. The number of benzene rings is 3. The molecular weight excluding hydrogens is 416 g/mol. The van der Waals surface area contributed by atoms with Crippen molar-refractivity contribution in [2.45, 2.75) is 15.4 Å². The second-order valence-electron chi connectivity index (χ2n) is 7.17. The standard InChI is InChI=1S/C27H26N2S2/c28-18-20-30-21-25-26(17-10-19-29-25)31-27(22-11-4-1-5-12-22,23-13-6-2-7-14-23)24-15-8-3-9-16-24/h1-17,19H,18,20-21,28H2. The molecule has 2 nitrogen and oxygen atoms in total. The molecule has 0 radical (unpaired) electrons. The summed E-state index contributed by atoms with van der Waals surface area (Å²) in [6, 6.07) is 36.6. The summed E-state index contributed by atoms with van der Waals surface area (Å²) in [6.45, 7) is 0.682. The molecule has 0 bridgehead atoms. The van der Waals surface area contributed by atoms with E-state index in [1.807, 2.05) is 35.8 Å². The zero-order valence-corrected chi connectivity index (χ0v) is 19.0. The molecule has 0 unspecified atom stereocenters. The Kier molecular flexibility index (Phi) is 7.47. The molecule has 156 valence electrons. The minimum Gasteiger partial charge on any atom is -0.330 e. The van der Waals surface area contributed by atoms with Gasteiger partial charge in [0.15, 0.2) is 0 Å². The molecule has 31 heavy (non-hydrogen) atoms. The number of aromatic nitrogens is 1. The van der Waals surface area contributed by atoms with Crippen molar-refractivity contribution in [2.75, 3.05) is 12.3 Å². The summed E-state index contributed by atoms with van der Waals surface area (Å²) in [4.78, 5) is 5.93.